The van der Waals surface area contributed by atoms with Gasteiger partial charge in [0.1, 0.15) is 5.75 Å². The predicted molar refractivity (Wildman–Crippen MR) is 88.2 cm³/mol. The summed E-state index contributed by atoms with van der Waals surface area (Å²) < 4.78 is 10.6. The van der Waals surface area contributed by atoms with Crippen molar-refractivity contribution in [3.8, 4) is 5.75 Å². The second-order valence-electron chi connectivity index (χ2n) is 3.79. The lowest BCUT2D eigenvalue weighted by atomic mass is 10.2. The van der Waals surface area contributed by atoms with Crippen LogP contribution in [0.4, 0.5) is 0 Å². The average Bonchev–Trinajstić information content (AvgIpc) is 2.43. The number of rotatable bonds is 7. The van der Waals surface area contributed by atoms with Crippen molar-refractivity contribution in [1.29, 1.82) is 0 Å². The molecule has 0 amide bonds. The van der Waals surface area contributed by atoms with Crippen molar-refractivity contribution in [2.24, 2.45) is 10.7 Å². The van der Waals surface area contributed by atoms with Gasteiger partial charge in [0.25, 0.3) is 0 Å². The van der Waals surface area contributed by atoms with Crippen LogP contribution in [0, 0.1) is 0 Å². The van der Waals surface area contributed by atoms with Crippen LogP contribution >= 0.6 is 24.0 Å². The van der Waals surface area contributed by atoms with E-state index in [9.17, 15) is 0 Å². The van der Waals surface area contributed by atoms with E-state index in [1.807, 2.05) is 24.3 Å². The summed E-state index contributed by atoms with van der Waals surface area (Å²) in [5.74, 6) is 1.32. The number of methoxy groups -OCH3 is 1. The van der Waals surface area contributed by atoms with E-state index in [-0.39, 0.29) is 24.0 Å². The van der Waals surface area contributed by atoms with Crippen LogP contribution in [0.5, 0.6) is 5.75 Å². The minimum absolute atomic E-state index is 0. The van der Waals surface area contributed by atoms with E-state index in [0.717, 1.165) is 24.3 Å². The third kappa shape index (κ3) is 7.89. The molecule has 0 fully saturated rings. The SMILES string of the molecule is CN=C(N)NCCCOCc1ccc(OC)cc1.I. The first-order valence-corrected chi connectivity index (χ1v) is 5.93. The average molecular weight is 379 g/mol. The smallest absolute Gasteiger partial charge is 0.188 e. The maximum Gasteiger partial charge on any atom is 0.188 e. The fraction of sp³-hybridized carbons (Fsp3) is 0.462. The van der Waals surface area contributed by atoms with Crippen molar-refractivity contribution >= 4 is 29.9 Å². The van der Waals surface area contributed by atoms with E-state index in [0.29, 0.717) is 19.2 Å². The molecule has 0 aliphatic carbocycles. The molecule has 1 aromatic carbocycles. The highest BCUT2D eigenvalue weighted by atomic mass is 127. The molecule has 0 aliphatic heterocycles. The highest BCUT2D eigenvalue weighted by Crippen LogP contribution is 2.11. The molecule has 0 radical (unpaired) electrons. The summed E-state index contributed by atoms with van der Waals surface area (Å²) in [6.45, 7) is 2.07. The Balaban J connectivity index is 0.00000324. The highest BCUT2D eigenvalue weighted by molar-refractivity contribution is 14.0. The van der Waals surface area contributed by atoms with Crippen LogP contribution < -0.4 is 15.8 Å². The lowest BCUT2D eigenvalue weighted by Gasteiger charge is -2.06. The number of ether oxygens (including phenoxy) is 2. The molecule has 0 spiro atoms. The number of nitrogens with one attached hydrogen (secondary N) is 1. The quantitative estimate of drug-likeness (QED) is 0.328. The van der Waals surface area contributed by atoms with Gasteiger partial charge in [0, 0.05) is 20.2 Å². The molecular weight excluding hydrogens is 357 g/mol. The molecule has 1 aromatic rings. The first-order valence-electron chi connectivity index (χ1n) is 5.93. The normalized spacial score (nSPS) is 10.7. The van der Waals surface area contributed by atoms with Gasteiger partial charge < -0.3 is 20.5 Å². The summed E-state index contributed by atoms with van der Waals surface area (Å²) in [6, 6.07) is 7.86. The molecule has 6 heteroatoms. The molecule has 5 nitrogen and oxygen atoms in total. The fourth-order valence-electron chi connectivity index (χ4n) is 1.38. The predicted octanol–water partition coefficient (Wildman–Crippen LogP) is 1.75. The number of benzene rings is 1. The van der Waals surface area contributed by atoms with Crippen molar-refractivity contribution in [3.05, 3.63) is 29.8 Å². The Morgan fingerprint density at radius 2 is 2.00 bits per heavy atom. The molecule has 19 heavy (non-hydrogen) atoms. The molecule has 0 saturated carbocycles. The number of halogens is 1. The van der Waals surface area contributed by atoms with E-state index in [2.05, 4.69) is 10.3 Å². The van der Waals surface area contributed by atoms with Crippen LogP contribution in [0.25, 0.3) is 0 Å². The van der Waals surface area contributed by atoms with E-state index in [4.69, 9.17) is 15.2 Å². The maximum absolute atomic E-state index is 5.55. The van der Waals surface area contributed by atoms with Crippen LogP contribution in [0.2, 0.25) is 0 Å². The Bertz CT molecular complexity index is 369. The van der Waals surface area contributed by atoms with E-state index in [1.165, 1.54) is 0 Å². The lowest BCUT2D eigenvalue weighted by Crippen LogP contribution is -2.32. The number of hydrogen-bond acceptors (Lipinski definition) is 3. The van der Waals surface area contributed by atoms with E-state index >= 15 is 0 Å². The zero-order chi connectivity index (χ0) is 13.2. The largest absolute Gasteiger partial charge is 0.497 e. The topological polar surface area (TPSA) is 68.9 Å². The van der Waals surface area contributed by atoms with Crippen molar-refractivity contribution in [2.75, 3.05) is 27.3 Å². The van der Waals surface area contributed by atoms with Crippen molar-refractivity contribution in [2.45, 2.75) is 13.0 Å². The van der Waals surface area contributed by atoms with Crippen LogP contribution in [-0.2, 0) is 11.3 Å². The zero-order valence-corrected chi connectivity index (χ0v) is 13.7. The Kier molecular flexibility index (Phi) is 10.3. The Labute approximate surface area is 131 Å². The molecule has 0 atom stereocenters. The monoisotopic (exact) mass is 379 g/mol. The molecule has 0 bridgehead atoms. The zero-order valence-electron chi connectivity index (χ0n) is 11.4. The first-order chi connectivity index (χ1) is 8.76. The van der Waals surface area contributed by atoms with Gasteiger partial charge in [0.15, 0.2) is 5.96 Å². The Morgan fingerprint density at radius 3 is 2.58 bits per heavy atom. The second-order valence-corrected chi connectivity index (χ2v) is 3.79. The van der Waals surface area contributed by atoms with Crippen LogP contribution in [0.15, 0.2) is 29.3 Å². The number of hydrogen-bond donors (Lipinski definition) is 2. The van der Waals surface area contributed by atoms with E-state index in [1.54, 1.807) is 14.2 Å². The Hall–Kier alpha value is -1.02. The molecule has 0 aliphatic rings. The first kappa shape index (κ1) is 18.0. The molecule has 1 rings (SSSR count). The van der Waals surface area contributed by atoms with Gasteiger partial charge in [-0.15, -0.1) is 24.0 Å². The van der Waals surface area contributed by atoms with Gasteiger partial charge in [-0.2, -0.15) is 0 Å². The van der Waals surface area contributed by atoms with Crippen LogP contribution in [0.3, 0.4) is 0 Å². The van der Waals surface area contributed by atoms with Crippen molar-refractivity contribution < 1.29 is 9.47 Å². The van der Waals surface area contributed by atoms with Gasteiger partial charge in [0.05, 0.1) is 13.7 Å². The van der Waals surface area contributed by atoms with Crippen LogP contribution in [-0.4, -0.2) is 33.3 Å². The molecule has 0 aromatic heterocycles. The van der Waals surface area contributed by atoms with Gasteiger partial charge in [-0.1, -0.05) is 12.1 Å². The summed E-state index contributed by atoms with van der Waals surface area (Å²) in [5.41, 5.74) is 6.63. The minimum atomic E-state index is 0. The molecule has 3 N–H and O–H groups in total. The summed E-state index contributed by atoms with van der Waals surface area (Å²) in [7, 11) is 3.31. The fourth-order valence-corrected chi connectivity index (χ4v) is 1.38. The molecular formula is C13H22IN3O2. The lowest BCUT2D eigenvalue weighted by molar-refractivity contribution is 0.119. The van der Waals surface area contributed by atoms with Gasteiger partial charge in [-0.3, -0.25) is 4.99 Å². The molecule has 0 unspecified atom stereocenters. The van der Waals surface area contributed by atoms with E-state index < -0.39 is 0 Å². The minimum Gasteiger partial charge on any atom is -0.497 e. The second kappa shape index (κ2) is 10.9. The molecule has 0 heterocycles. The number of nitrogens with two attached hydrogens (primary N) is 1. The summed E-state index contributed by atoms with van der Waals surface area (Å²) >= 11 is 0. The number of guanidine groups is 1. The summed E-state index contributed by atoms with van der Waals surface area (Å²) in [5, 5.41) is 2.98. The van der Waals surface area contributed by atoms with Gasteiger partial charge >= 0.3 is 0 Å². The molecule has 108 valence electrons. The highest BCUT2D eigenvalue weighted by Gasteiger charge is 1.95. The van der Waals surface area contributed by atoms with Crippen LogP contribution in [0.1, 0.15) is 12.0 Å². The van der Waals surface area contributed by atoms with Gasteiger partial charge in [-0.25, -0.2) is 0 Å². The van der Waals surface area contributed by atoms with Crippen molar-refractivity contribution in [3.63, 3.8) is 0 Å². The summed E-state index contributed by atoms with van der Waals surface area (Å²) in [6.07, 6.45) is 0.895. The van der Waals surface area contributed by atoms with Gasteiger partial charge in [-0.05, 0) is 24.1 Å². The van der Waals surface area contributed by atoms with Crippen molar-refractivity contribution in [1.82, 2.24) is 5.32 Å². The third-order valence-corrected chi connectivity index (χ3v) is 2.44. The van der Waals surface area contributed by atoms with Gasteiger partial charge in [0.2, 0.25) is 0 Å². The number of nitrogens with zero attached hydrogens (tertiary/aromatic N) is 1. The summed E-state index contributed by atoms with van der Waals surface area (Å²) in [4.78, 5) is 3.80. The standard InChI is InChI=1S/C13H21N3O2.HI/c1-15-13(14)16-8-3-9-18-10-11-4-6-12(17-2)7-5-11;/h4-7H,3,8-10H2,1-2H3,(H3,14,15,16);1H. The number of aliphatic imine (C=N–C) groups is 1. The maximum atomic E-state index is 5.55. The third-order valence-electron chi connectivity index (χ3n) is 2.44. The Morgan fingerprint density at radius 1 is 1.32 bits per heavy atom. The molecule has 0 saturated heterocycles.